The Bertz CT molecular complexity index is 498. The molecule has 2 rings (SSSR count). The Morgan fingerprint density at radius 3 is 2.81 bits per heavy atom. The predicted molar refractivity (Wildman–Crippen MR) is 77.1 cm³/mol. The number of carbonyl (C=O) groups is 2. The molecule has 1 atom stereocenters. The highest BCUT2D eigenvalue weighted by Gasteiger charge is 2.45. The molecule has 6 heteroatoms. The van der Waals surface area contributed by atoms with Crippen molar-refractivity contribution >= 4 is 11.8 Å². The Balaban J connectivity index is 1.64. The van der Waals surface area contributed by atoms with E-state index in [-0.39, 0.29) is 24.8 Å². The first-order chi connectivity index (χ1) is 10.00. The van der Waals surface area contributed by atoms with Gasteiger partial charge in [0.15, 0.2) is 0 Å². The molecule has 6 nitrogen and oxygen atoms in total. The molecule has 1 saturated carbocycles. The summed E-state index contributed by atoms with van der Waals surface area (Å²) in [5.41, 5.74) is -0.391. The van der Waals surface area contributed by atoms with Gasteiger partial charge in [-0.3, -0.25) is 14.6 Å². The van der Waals surface area contributed by atoms with Gasteiger partial charge in [-0.15, -0.1) is 0 Å². The van der Waals surface area contributed by atoms with Crippen molar-refractivity contribution in [2.45, 2.75) is 38.3 Å². The fraction of sp³-hybridized carbons (Fsp3) is 0.533. The predicted octanol–water partition coefficient (Wildman–Crippen LogP) is 0.365. The smallest absolute Gasteiger partial charge is 0.251 e. The Morgan fingerprint density at radius 1 is 1.43 bits per heavy atom. The maximum absolute atomic E-state index is 11.8. The van der Waals surface area contributed by atoms with Crippen LogP contribution in [0.15, 0.2) is 24.5 Å². The first kappa shape index (κ1) is 15.4. The normalized spacial score (nSPS) is 16.9. The summed E-state index contributed by atoms with van der Waals surface area (Å²) in [4.78, 5) is 27.4. The number of amides is 2. The van der Waals surface area contributed by atoms with Crippen molar-refractivity contribution in [2.75, 3.05) is 6.54 Å². The van der Waals surface area contributed by atoms with Gasteiger partial charge in [0.05, 0.1) is 0 Å². The van der Waals surface area contributed by atoms with Gasteiger partial charge in [0.25, 0.3) is 5.91 Å². The van der Waals surface area contributed by atoms with Gasteiger partial charge in [-0.1, -0.05) is 6.07 Å². The topological polar surface area (TPSA) is 91.3 Å². The SMILES string of the molecule is CC(O)(C(=O)NCCC(=O)NCc1cccnc1)C1CC1. The van der Waals surface area contributed by atoms with E-state index in [4.69, 9.17) is 0 Å². The van der Waals surface area contributed by atoms with Crippen LogP contribution in [-0.4, -0.2) is 34.1 Å². The molecule has 0 aromatic carbocycles. The van der Waals surface area contributed by atoms with E-state index in [0.29, 0.717) is 6.54 Å². The lowest BCUT2D eigenvalue weighted by atomic mass is 10.00. The van der Waals surface area contributed by atoms with Crippen LogP contribution in [-0.2, 0) is 16.1 Å². The zero-order valence-electron chi connectivity index (χ0n) is 12.1. The van der Waals surface area contributed by atoms with Crippen molar-refractivity contribution in [3.8, 4) is 0 Å². The van der Waals surface area contributed by atoms with Crippen molar-refractivity contribution in [3.63, 3.8) is 0 Å². The lowest BCUT2D eigenvalue weighted by Gasteiger charge is -2.21. The number of pyridine rings is 1. The molecule has 1 aromatic rings. The second-order valence-electron chi connectivity index (χ2n) is 5.57. The van der Waals surface area contributed by atoms with E-state index >= 15 is 0 Å². The van der Waals surface area contributed by atoms with Crippen molar-refractivity contribution in [2.24, 2.45) is 5.92 Å². The van der Waals surface area contributed by atoms with E-state index in [1.165, 1.54) is 6.92 Å². The molecule has 0 saturated heterocycles. The van der Waals surface area contributed by atoms with Crippen LogP contribution in [0.5, 0.6) is 0 Å². The van der Waals surface area contributed by atoms with Crippen molar-refractivity contribution in [1.82, 2.24) is 15.6 Å². The minimum Gasteiger partial charge on any atom is -0.380 e. The standard InChI is InChI=1S/C15H21N3O3/c1-15(21,12-4-5-12)14(20)17-8-6-13(19)18-10-11-3-2-7-16-9-11/h2-3,7,9,12,21H,4-6,8,10H2,1H3,(H,17,20)(H,18,19). The van der Waals surface area contributed by atoms with Crippen LogP contribution >= 0.6 is 0 Å². The lowest BCUT2D eigenvalue weighted by Crippen LogP contribution is -2.47. The van der Waals surface area contributed by atoms with E-state index < -0.39 is 11.5 Å². The van der Waals surface area contributed by atoms with Crippen molar-refractivity contribution < 1.29 is 14.7 Å². The maximum atomic E-state index is 11.8. The molecular weight excluding hydrogens is 270 g/mol. The molecule has 1 aromatic heterocycles. The molecule has 1 aliphatic rings. The Kier molecular flexibility index (Phi) is 4.90. The molecule has 1 fully saturated rings. The number of aliphatic hydroxyl groups is 1. The summed E-state index contributed by atoms with van der Waals surface area (Å²) in [7, 11) is 0. The Morgan fingerprint density at radius 2 is 2.19 bits per heavy atom. The molecule has 1 aliphatic carbocycles. The third-order valence-corrected chi connectivity index (χ3v) is 3.68. The fourth-order valence-corrected chi connectivity index (χ4v) is 2.09. The third-order valence-electron chi connectivity index (χ3n) is 3.68. The molecule has 0 radical (unpaired) electrons. The number of hydrogen-bond donors (Lipinski definition) is 3. The highest BCUT2D eigenvalue weighted by Crippen LogP contribution is 2.39. The molecule has 0 spiro atoms. The van der Waals surface area contributed by atoms with Crippen molar-refractivity contribution in [1.29, 1.82) is 0 Å². The summed E-state index contributed by atoms with van der Waals surface area (Å²) in [6, 6.07) is 3.68. The molecule has 21 heavy (non-hydrogen) atoms. The van der Waals surface area contributed by atoms with Crippen LogP contribution in [0.3, 0.4) is 0 Å². The summed E-state index contributed by atoms with van der Waals surface area (Å²) in [6.07, 6.45) is 5.31. The summed E-state index contributed by atoms with van der Waals surface area (Å²) in [6.45, 7) is 2.17. The largest absolute Gasteiger partial charge is 0.380 e. The molecule has 2 amide bonds. The van der Waals surface area contributed by atoms with Gasteiger partial charge in [-0.2, -0.15) is 0 Å². The molecule has 1 unspecified atom stereocenters. The van der Waals surface area contributed by atoms with Crippen LogP contribution in [0.25, 0.3) is 0 Å². The maximum Gasteiger partial charge on any atom is 0.251 e. The zero-order valence-corrected chi connectivity index (χ0v) is 12.1. The molecule has 1 heterocycles. The molecular formula is C15H21N3O3. The summed E-state index contributed by atoms with van der Waals surface area (Å²) < 4.78 is 0. The first-order valence-electron chi connectivity index (χ1n) is 7.16. The molecule has 0 bridgehead atoms. The van der Waals surface area contributed by atoms with Gasteiger partial charge < -0.3 is 15.7 Å². The fourth-order valence-electron chi connectivity index (χ4n) is 2.09. The zero-order chi connectivity index (χ0) is 15.3. The van der Waals surface area contributed by atoms with E-state index in [1.807, 2.05) is 12.1 Å². The van der Waals surface area contributed by atoms with Gasteiger partial charge in [-0.25, -0.2) is 0 Å². The molecule has 114 valence electrons. The third kappa shape index (κ3) is 4.53. The van der Waals surface area contributed by atoms with Crippen LogP contribution in [0.1, 0.15) is 31.7 Å². The number of nitrogens with zero attached hydrogens (tertiary/aromatic N) is 1. The summed E-state index contributed by atoms with van der Waals surface area (Å²) in [5, 5.41) is 15.4. The number of carbonyl (C=O) groups excluding carboxylic acids is 2. The van der Waals surface area contributed by atoms with Crippen LogP contribution in [0.2, 0.25) is 0 Å². The van der Waals surface area contributed by atoms with Gasteiger partial charge in [0.1, 0.15) is 5.60 Å². The average molecular weight is 291 g/mol. The Labute approximate surface area is 124 Å². The number of nitrogens with one attached hydrogen (secondary N) is 2. The number of aromatic nitrogens is 1. The highest BCUT2D eigenvalue weighted by atomic mass is 16.3. The Hall–Kier alpha value is -1.95. The summed E-state index contributed by atoms with van der Waals surface area (Å²) in [5.74, 6) is -0.493. The van der Waals surface area contributed by atoms with E-state index in [2.05, 4.69) is 15.6 Å². The molecule has 0 aliphatic heterocycles. The monoisotopic (exact) mass is 291 g/mol. The lowest BCUT2D eigenvalue weighted by molar-refractivity contribution is -0.140. The van der Waals surface area contributed by atoms with Gasteiger partial charge in [0.2, 0.25) is 5.91 Å². The van der Waals surface area contributed by atoms with Crippen LogP contribution in [0, 0.1) is 5.92 Å². The second-order valence-corrected chi connectivity index (χ2v) is 5.57. The van der Waals surface area contributed by atoms with E-state index in [1.54, 1.807) is 12.4 Å². The number of rotatable bonds is 7. The minimum atomic E-state index is -1.31. The minimum absolute atomic E-state index is 0.0527. The van der Waals surface area contributed by atoms with Crippen molar-refractivity contribution in [3.05, 3.63) is 30.1 Å². The second kappa shape index (κ2) is 6.67. The highest BCUT2D eigenvalue weighted by molar-refractivity contribution is 5.85. The summed E-state index contributed by atoms with van der Waals surface area (Å²) >= 11 is 0. The van der Waals surface area contributed by atoms with Gasteiger partial charge >= 0.3 is 0 Å². The van der Waals surface area contributed by atoms with E-state index in [0.717, 1.165) is 18.4 Å². The molecule has 3 N–H and O–H groups in total. The number of hydrogen-bond acceptors (Lipinski definition) is 4. The quantitative estimate of drug-likeness (QED) is 0.676. The van der Waals surface area contributed by atoms with Gasteiger partial charge in [-0.05, 0) is 37.3 Å². The average Bonchev–Trinajstić information content (AvgIpc) is 3.31. The van der Waals surface area contributed by atoms with E-state index in [9.17, 15) is 14.7 Å². The van der Waals surface area contributed by atoms with Crippen LogP contribution < -0.4 is 10.6 Å². The van der Waals surface area contributed by atoms with Crippen LogP contribution in [0.4, 0.5) is 0 Å². The van der Waals surface area contributed by atoms with Gasteiger partial charge in [0, 0.05) is 31.9 Å². The first-order valence-corrected chi connectivity index (χ1v) is 7.16.